The molecule has 1 aliphatic rings. The van der Waals surface area contributed by atoms with Gasteiger partial charge >= 0.3 is 6.09 Å². The van der Waals surface area contributed by atoms with E-state index in [1.807, 2.05) is 13.8 Å². The average molecular weight is 209 g/mol. The minimum absolute atomic E-state index is 0. The van der Waals surface area contributed by atoms with Crippen LogP contribution in [0.3, 0.4) is 0 Å². The predicted molar refractivity (Wildman–Crippen MR) is 53.0 cm³/mol. The van der Waals surface area contributed by atoms with Crippen molar-refractivity contribution in [2.75, 3.05) is 19.7 Å². The Hall–Kier alpha value is -0.480. The molecule has 1 rings (SSSR count). The zero-order valence-corrected chi connectivity index (χ0v) is 8.84. The Balaban J connectivity index is 0.00000144. The quantitative estimate of drug-likeness (QED) is 0.748. The van der Waals surface area contributed by atoms with Crippen LogP contribution in [0.25, 0.3) is 0 Å². The molecule has 4 nitrogen and oxygen atoms in total. The van der Waals surface area contributed by atoms with Gasteiger partial charge < -0.3 is 15.4 Å². The van der Waals surface area contributed by atoms with E-state index in [-0.39, 0.29) is 24.5 Å². The van der Waals surface area contributed by atoms with Crippen molar-refractivity contribution in [1.29, 1.82) is 0 Å². The van der Waals surface area contributed by atoms with E-state index >= 15 is 0 Å². The third-order valence-electron chi connectivity index (χ3n) is 2.13. The summed E-state index contributed by atoms with van der Waals surface area (Å²) in [6.45, 7) is 5.89. The number of hydrogen-bond acceptors (Lipinski definition) is 3. The number of amides is 1. The van der Waals surface area contributed by atoms with Crippen LogP contribution in [-0.2, 0) is 4.74 Å². The largest absolute Gasteiger partial charge is 0.448 e. The fourth-order valence-electron chi connectivity index (χ4n) is 1.06. The normalized spacial score (nSPS) is 18.5. The van der Waals surface area contributed by atoms with Crippen LogP contribution >= 0.6 is 12.4 Å². The van der Waals surface area contributed by atoms with E-state index < -0.39 is 0 Å². The molecule has 0 spiro atoms. The summed E-state index contributed by atoms with van der Waals surface area (Å²) in [5.41, 5.74) is 5.81. The maximum atomic E-state index is 11.0. The van der Waals surface area contributed by atoms with Crippen molar-refractivity contribution in [3.8, 4) is 0 Å². The first kappa shape index (κ1) is 12.5. The maximum absolute atomic E-state index is 11.0. The molecule has 1 saturated heterocycles. The minimum Gasteiger partial charge on any atom is -0.448 e. The number of nitrogens with two attached hydrogens (primary N) is 1. The van der Waals surface area contributed by atoms with Gasteiger partial charge in [-0.15, -0.1) is 12.4 Å². The number of ether oxygens (including phenoxy) is 1. The summed E-state index contributed by atoms with van der Waals surface area (Å²) in [6.07, 6.45) is -0.230. The van der Waals surface area contributed by atoms with Gasteiger partial charge in [0.05, 0.1) is 6.54 Å². The zero-order valence-electron chi connectivity index (χ0n) is 8.03. The minimum atomic E-state index is -0.230. The molecule has 0 saturated carbocycles. The van der Waals surface area contributed by atoms with E-state index in [2.05, 4.69) is 0 Å². The van der Waals surface area contributed by atoms with Crippen LogP contribution in [0, 0.1) is 5.92 Å². The molecule has 1 atom stereocenters. The second-order valence-corrected chi connectivity index (χ2v) is 3.47. The van der Waals surface area contributed by atoms with Crippen LogP contribution in [0.4, 0.5) is 4.79 Å². The van der Waals surface area contributed by atoms with E-state index in [4.69, 9.17) is 10.5 Å². The van der Waals surface area contributed by atoms with Gasteiger partial charge in [-0.05, 0) is 5.92 Å². The van der Waals surface area contributed by atoms with Crippen LogP contribution in [0.1, 0.15) is 13.8 Å². The highest BCUT2D eigenvalue weighted by atomic mass is 35.5. The summed E-state index contributed by atoms with van der Waals surface area (Å²) < 4.78 is 4.78. The molecular weight excluding hydrogens is 192 g/mol. The monoisotopic (exact) mass is 208 g/mol. The van der Waals surface area contributed by atoms with Crippen molar-refractivity contribution in [1.82, 2.24) is 4.90 Å². The summed E-state index contributed by atoms with van der Waals surface area (Å²) >= 11 is 0. The van der Waals surface area contributed by atoms with Gasteiger partial charge in [0.25, 0.3) is 0 Å². The lowest BCUT2D eigenvalue weighted by atomic mass is 10.1. The van der Waals surface area contributed by atoms with Gasteiger partial charge in [0.15, 0.2) is 0 Å². The summed E-state index contributed by atoms with van der Waals surface area (Å²) in [7, 11) is 0. The number of hydrogen-bond donors (Lipinski definition) is 1. The Labute approximate surface area is 84.8 Å². The molecule has 0 bridgehead atoms. The number of cyclic esters (lactones) is 1. The second kappa shape index (κ2) is 5.29. The van der Waals surface area contributed by atoms with E-state index in [0.29, 0.717) is 25.6 Å². The fourth-order valence-corrected chi connectivity index (χ4v) is 1.06. The lowest BCUT2D eigenvalue weighted by Crippen LogP contribution is -2.41. The number of rotatable bonds is 3. The van der Waals surface area contributed by atoms with Gasteiger partial charge in [-0.2, -0.15) is 0 Å². The molecule has 13 heavy (non-hydrogen) atoms. The number of nitrogens with zero attached hydrogens (tertiary/aromatic N) is 1. The van der Waals surface area contributed by atoms with Gasteiger partial charge in [0.2, 0.25) is 0 Å². The van der Waals surface area contributed by atoms with Crippen LogP contribution in [0.15, 0.2) is 0 Å². The number of halogens is 1. The van der Waals surface area contributed by atoms with Gasteiger partial charge in [0.1, 0.15) is 6.61 Å². The fraction of sp³-hybridized carbons (Fsp3) is 0.875. The van der Waals surface area contributed by atoms with Crippen molar-refractivity contribution < 1.29 is 9.53 Å². The Morgan fingerprint density at radius 1 is 1.62 bits per heavy atom. The molecule has 1 heterocycles. The Morgan fingerprint density at radius 2 is 2.23 bits per heavy atom. The first-order valence-corrected chi connectivity index (χ1v) is 4.28. The van der Waals surface area contributed by atoms with Crippen molar-refractivity contribution in [2.24, 2.45) is 11.7 Å². The highest BCUT2D eigenvalue weighted by Gasteiger charge is 2.24. The topological polar surface area (TPSA) is 55.6 Å². The Bertz CT molecular complexity index is 176. The first-order valence-electron chi connectivity index (χ1n) is 4.28. The third kappa shape index (κ3) is 3.40. The van der Waals surface area contributed by atoms with Gasteiger partial charge in [0, 0.05) is 12.6 Å². The Morgan fingerprint density at radius 3 is 2.62 bits per heavy atom. The molecule has 0 aromatic carbocycles. The lowest BCUT2D eigenvalue weighted by molar-refractivity contribution is 0.155. The molecule has 1 amide bonds. The molecule has 5 heteroatoms. The molecular formula is C8H17ClN2O2. The molecule has 78 valence electrons. The SMILES string of the molecule is CC(C)[C@H](N)CN1CCOC1=O.Cl. The number of carbonyl (C=O) groups is 1. The van der Waals surface area contributed by atoms with E-state index in [1.165, 1.54) is 0 Å². The van der Waals surface area contributed by atoms with Crippen LogP contribution in [-0.4, -0.2) is 36.7 Å². The lowest BCUT2D eigenvalue weighted by Gasteiger charge is -2.20. The summed E-state index contributed by atoms with van der Waals surface area (Å²) in [6, 6.07) is 0.0515. The molecule has 0 unspecified atom stereocenters. The number of carbonyl (C=O) groups excluding carboxylic acids is 1. The zero-order chi connectivity index (χ0) is 9.14. The molecule has 0 aromatic heterocycles. The molecule has 1 fully saturated rings. The smallest absolute Gasteiger partial charge is 0.409 e. The highest BCUT2D eigenvalue weighted by Crippen LogP contribution is 2.07. The predicted octanol–water partition coefficient (Wildman–Crippen LogP) is 0.844. The standard InChI is InChI=1S/C8H16N2O2.ClH/c1-6(2)7(9)5-10-3-4-12-8(10)11;/h6-7H,3-5,9H2,1-2H3;1H/t7-;/m1./s1. The van der Waals surface area contributed by atoms with E-state index in [0.717, 1.165) is 0 Å². The molecule has 1 aliphatic heterocycles. The molecule has 0 aromatic rings. The first-order chi connectivity index (χ1) is 5.61. The summed E-state index contributed by atoms with van der Waals surface area (Å²) in [4.78, 5) is 12.6. The maximum Gasteiger partial charge on any atom is 0.409 e. The molecule has 0 aliphatic carbocycles. The van der Waals surface area contributed by atoms with Crippen LogP contribution in [0.5, 0.6) is 0 Å². The van der Waals surface area contributed by atoms with Gasteiger partial charge in [-0.3, -0.25) is 0 Å². The van der Waals surface area contributed by atoms with Crippen molar-refractivity contribution in [3.05, 3.63) is 0 Å². The van der Waals surface area contributed by atoms with Gasteiger partial charge in [-0.1, -0.05) is 13.8 Å². The van der Waals surface area contributed by atoms with E-state index in [9.17, 15) is 4.79 Å². The summed E-state index contributed by atoms with van der Waals surface area (Å²) in [5.74, 6) is 0.401. The molecule has 2 N–H and O–H groups in total. The van der Waals surface area contributed by atoms with Gasteiger partial charge in [-0.25, -0.2) is 4.79 Å². The van der Waals surface area contributed by atoms with Crippen molar-refractivity contribution in [2.45, 2.75) is 19.9 Å². The Kier molecular flexibility index (Phi) is 5.10. The van der Waals surface area contributed by atoms with Crippen molar-refractivity contribution in [3.63, 3.8) is 0 Å². The van der Waals surface area contributed by atoms with Crippen LogP contribution in [0.2, 0.25) is 0 Å². The second-order valence-electron chi connectivity index (χ2n) is 3.47. The molecule has 0 radical (unpaired) electrons. The summed E-state index contributed by atoms with van der Waals surface area (Å²) in [5, 5.41) is 0. The third-order valence-corrected chi connectivity index (χ3v) is 2.13. The van der Waals surface area contributed by atoms with E-state index in [1.54, 1.807) is 4.90 Å². The highest BCUT2D eigenvalue weighted by molar-refractivity contribution is 5.85. The average Bonchev–Trinajstić information content (AvgIpc) is 2.36. The van der Waals surface area contributed by atoms with Crippen molar-refractivity contribution >= 4 is 18.5 Å². The van der Waals surface area contributed by atoms with Crippen LogP contribution < -0.4 is 5.73 Å².